The molecule has 102 valence electrons. The van der Waals surface area contributed by atoms with Crippen LogP contribution in [0.1, 0.15) is 26.2 Å². The molecule has 0 amide bonds. The predicted molar refractivity (Wildman–Crippen MR) is 72.6 cm³/mol. The van der Waals surface area contributed by atoms with Gasteiger partial charge < -0.3 is 15.0 Å². The van der Waals surface area contributed by atoms with Crippen LogP contribution in [-0.4, -0.2) is 16.7 Å². The van der Waals surface area contributed by atoms with Crippen molar-refractivity contribution in [3.63, 3.8) is 0 Å². The summed E-state index contributed by atoms with van der Waals surface area (Å²) in [4.78, 5) is 4.24. The summed E-state index contributed by atoms with van der Waals surface area (Å²) in [7, 11) is 1.46. The second kappa shape index (κ2) is 4.11. The van der Waals surface area contributed by atoms with E-state index in [-0.39, 0.29) is 11.2 Å². The fourth-order valence-corrected chi connectivity index (χ4v) is 2.79. The van der Waals surface area contributed by atoms with E-state index in [1.54, 1.807) is 6.07 Å². The van der Waals surface area contributed by atoms with E-state index >= 15 is 0 Å². The molecule has 0 bridgehead atoms. The van der Waals surface area contributed by atoms with Crippen LogP contribution in [0, 0.1) is 11.2 Å². The van der Waals surface area contributed by atoms with Gasteiger partial charge in [0.1, 0.15) is 0 Å². The summed E-state index contributed by atoms with van der Waals surface area (Å²) in [5.74, 6) is 0.262. The number of methoxy groups -OCH3 is 1. The highest BCUT2D eigenvalue weighted by molar-refractivity contribution is 5.80. The molecule has 1 fully saturated rings. The molecule has 0 saturated heterocycles. The lowest BCUT2D eigenvalue weighted by molar-refractivity contribution is 0.135. The van der Waals surface area contributed by atoms with Crippen molar-refractivity contribution in [2.45, 2.75) is 32.7 Å². The highest BCUT2D eigenvalue weighted by Gasteiger charge is 2.33. The third-order valence-electron chi connectivity index (χ3n) is 4.15. The van der Waals surface area contributed by atoms with E-state index < -0.39 is 5.82 Å². The van der Waals surface area contributed by atoms with Gasteiger partial charge >= 0.3 is 0 Å². The quantitative estimate of drug-likeness (QED) is 0.926. The maximum absolute atomic E-state index is 13.7. The topological polar surface area (TPSA) is 53.1 Å². The standard InChI is InChI=1S/C14H18FN3O/c1-14(4-3-5-14)8-18-11-7-12(19-2)9(15)6-10(11)17-13(18)16/h6-7H,3-5,8H2,1-2H3,(H2,16,17). The maximum atomic E-state index is 13.7. The number of fused-ring (bicyclic) bond motifs is 1. The molecular formula is C14H18FN3O. The number of nitrogens with zero attached hydrogens (tertiary/aromatic N) is 2. The van der Waals surface area contributed by atoms with E-state index in [1.807, 2.05) is 4.57 Å². The minimum atomic E-state index is -0.408. The highest BCUT2D eigenvalue weighted by Crippen LogP contribution is 2.43. The third-order valence-corrected chi connectivity index (χ3v) is 4.15. The SMILES string of the molecule is COc1cc2c(cc1F)nc(N)n2CC1(C)CCC1. The molecule has 0 radical (unpaired) electrons. The van der Waals surface area contributed by atoms with Crippen LogP contribution in [0.2, 0.25) is 0 Å². The van der Waals surface area contributed by atoms with Crippen LogP contribution in [-0.2, 0) is 6.54 Å². The fraction of sp³-hybridized carbons (Fsp3) is 0.500. The molecule has 0 aliphatic heterocycles. The second-order valence-corrected chi connectivity index (χ2v) is 5.70. The number of ether oxygens (including phenoxy) is 1. The van der Waals surface area contributed by atoms with Crippen molar-refractivity contribution in [2.75, 3.05) is 12.8 Å². The van der Waals surface area contributed by atoms with Gasteiger partial charge in [-0.2, -0.15) is 0 Å². The van der Waals surface area contributed by atoms with Crippen LogP contribution < -0.4 is 10.5 Å². The number of aromatic nitrogens is 2. The van der Waals surface area contributed by atoms with Crippen LogP contribution >= 0.6 is 0 Å². The van der Waals surface area contributed by atoms with E-state index in [0.29, 0.717) is 11.5 Å². The lowest BCUT2D eigenvalue weighted by atomic mass is 9.70. The molecule has 1 aromatic heterocycles. The number of halogens is 1. The van der Waals surface area contributed by atoms with Crippen molar-refractivity contribution in [2.24, 2.45) is 5.41 Å². The van der Waals surface area contributed by atoms with Crippen LogP contribution in [0.3, 0.4) is 0 Å². The van der Waals surface area contributed by atoms with Gasteiger partial charge in [0, 0.05) is 18.7 Å². The Bertz CT molecular complexity index is 631. The summed E-state index contributed by atoms with van der Waals surface area (Å²) in [6, 6.07) is 3.06. The van der Waals surface area contributed by atoms with E-state index in [9.17, 15) is 4.39 Å². The summed E-state index contributed by atoms with van der Waals surface area (Å²) in [6.07, 6.45) is 3.66. The Kier molecular flexibility index (Phi) is 2.66. The van der Waals surface area contributed by atoms with E-state index in [1.165, 1.54) is 32.4 Å². The minimum absolute atomic E-state index is 0.229. The van der Waals surface area contributed by atoms with Gasteiger partial charge in [-0.1, -0.05) is 13.3 Å². The van der Waals surface area contributed by atoms with Crippen LogP contribution in [0.15, 0.2) is 12.1 Å². The number of anilines is 1. The number of nitrogen functional groups attached to an aromatic ring is 1. The Morgan fingerprint density at radius 2 is 2.21 bits per heavy atom. The Hall–Kier alpha value is -1.78. The Labute approximate surface area is 111 Å². The first-order valence-electron chi connectivity index (χ1n) is 6.52. The molecule has 4 nitrogen and oxygen atoms in total. The zero-order valence-corrected chi connectivity index (χ0v) is 11.2. The summed E-state index contributed by atoms with van der Waals surface area (Å²) in [5.41, 5.74) is 7.67. The number of hydrogen-bond donors (Lipinski definition) is 1. The molecule has 2 aromatic rings. The zero-order valence-electron chi connectivity index (χ0n) is 11.2. The van der Waals surface area contributed by atoms with Gasteiger partial charge in [0.05, 0.1) is 18.1 Å². The van der Waals surface area contributed by atoms with Crippen molar-refractivity contribution in [3.8, 4) is 5.75 Å². The smallest absolute Gasteiger partial charge is 0.201 e. The molecular weight excluding hydrogens is 245 g/mol. The molecule has 1 aliphatic carbocycles. The van der Waals surface area contributed by atoms with Gasteiger partial charge in [-0.25, -0.2) is 9.37 Å². The van der Waals surface area contributed by atoms with E-state index in [0.717, 1.165) is 12.1 Å². The first kappa shape index (κ1) is 12.3. The van der Waals surface area contributed by atoms with Gasteiger partial charge in [0.25, 0.3) is 0 Å². The molecule has 0 unspecified atom stereocenters. The molecule has 19 heavy (non-hydrogen) atoms. The van der Waals surface area contributed by atoms with Gasteiger partial charge in [-0.05, 0) is 18.3 Å². The van der Waals surface area contributed by atoms with Crippen LogP contribution in [0.25, 0.3) is 11.0 Å². The number of benzene rings is 1. The highest BCUT2D eigenvalue weighted by atomic mass is 19.1. The summed E-state index contributed by atoms with van der Waals surface area (Å²) in [5, 5.41) is 0. The van der Waals surface area contributed by atoms with Gasteiger partial charge in [0.15, 0.2) is 11.6 Å². The maximum Gasteiger partial charge on any atom is 0.201 e. The monoisotopic (exact) mass is 263 g/mol. The molecule has 1 saturated carbocycles. The molecule has 3 rings (SSSR count). The van der Waals surface area contributed by atoms with Crippen molar-refractivity contribution in [3.05, 3.63) is 17.9 Å². The van der Waals surface area contributed by atoms with Crippen LogP contribution in [0.5, 0.6) is 5.75 Å². The Morgan fingerprint density at radius 1 is 1.47 bits per heavy atom. The van der Waals surface area contributed by atoms with Gasteiger partial charge in [0.2, 0.25) is 5.95 Å². The summed E-state index contributed by atoms with van der Waals surface area (Å²) in [6.45, 7) is 3.08. The Morgan fingerprint density at radius 3 is 2.79 bits per heavy atom. The first-order chi connectivity index (χ1) is 9.02. The molecule has 0 atom stereocenters. The van der Waals surface area contributed by atoms with Gasteiger partial charge in [-0.15, -0.1) is 0 Å². The molecule has 1 heterocycles. The van der Waals surface area contributed by atoms with Crippen molar-refractivity contribution >= 4 is 17.0 Å². The average Bonchev–Trinajstić information content (AvgIpc) is 2.62. The average molecular weight is 263 g/mol. The largest absolute Gasteiger partial charge is 0.494 e. The molecule has 2 N–H and O–H groups in total. The number of nitrogens with two attached hydrogens (primary N) is 1. The second-order valence-electron chi connectivity index (χ2n) is 5.70. The number of hydrogen-bond acceptors (Lipinski definition) is 3. The van der Waals surface area contributed by atoms with Crippen molar-refractivity contribution in [1.29, 1.82) is 0 Å². The summed E-state index contributed by atoms with van der Waals surface area (Å²) >= 11 is 0. The number of rotatable bonds is 3. The predicted octanol–water partition coefficient (Wildman–Crippen LogP) is 2.96. The van der Waals surface area contributed by atoms with E-state index in [4.69, 9.17) is 10.5 Å². The molecule has 1 aliphatic rings. The first-order valence-corrected chi connectivity index (χ1v) is 6.52. The normalized spacial score (nSPS) is 17.4. The third kappa shape index (κ3) is 1.93. The van der Waals surface area contributed by atoms with Gasteiger partial charge in [-0.3, -0.25) is 0 Å². The lowest BCUT2D eigenvalue weighted by Crippen LogP contribution is -2.31. The summed E-state index contributed by atoms with van der Waals surface area (Å²) < 4.78 is 20.7. The van der Waals surface area contributed by atoms with Crippen LogP contribution in [0.4, 0.5) is 10.3 Å². The fourth-order valence-electron chi connectivity index (χ4n) is 2.79. The zero-order chi connectivity index (χ0) is 13.6. The van der Waals surface area contributed by atoms with Crippen molar-refractivity contribution < 1.29 is 9.13 Å². The molecule has 0 spiro atoms. The molecule has 1 aromatic carbocycles. The Balaban J connectivity index is 2.09. The van der Waals surface area contributed by atoms with E-state index in [2.05, 4.69) is 11.9 Å². The molecule has 5 heteroatoms. The van der Waals surface area contributed by atoms with Crippen molar-refractivity contribution in [1.82, 2.24) is 9.55 Å². The number of imidazole rings is 1. The lowest BCUT2D eigenvalue weighted by Gasteiger charge is -2.38. The minimum Gasteiger partial charge on any atom is -0.494 e.